The third-order valence-corrected chi connectivity index (χ3v) is 5.02. The van der Waals surface area contributed by atoms with E-state index in [1.165, 1.54) is 0 Å². The molecule has 0 spiro atoms. The summed E-state index contributed by atoms with van der Waals surface area (Å²) < 4.78 is 11.9. The molecular weight excluding hydrogens is 394 g/mol. The van der Waals surface area contributed by atoms with Gasteiger partial charge in [0.1, 0.15) is 11.5 Å². The third kappa shape index (κ3) is 3.99. The Labute approximate surface area is 161 Å². The minimum atomic E-state index is -0.101. The predicted molar refractivity (Wildman–Crippen MR) is 107 cm³/mol. The summed E-state index contributed by atoms with van der Waals surface area (Å²) in [6.45, 7) is 0.438. The van der Waals surface area contributed by atoms with Crippen molar-refractivity contribution in [3.05, 3.63) is 70.7 Å². The molecule has 0 aliphatic rings. The molecule has 0 aliphatic heterocycles. The molecule has 0 N–H and O–H groups in total. The van der Waals surface area contributed by atoms with E-state index < -0.39 is 0 Å². The molecule has 0 aromatic heterocycles. The van der Waals surface area contributed by atoms with Crippen molar-refractivity contribution in [1.29, 1.82) is 0 Å². The van der Waals surface area contributed by atoms with Crippen molar-refractivity contribution >= 4 is 32.6 Å². The number of benzene rings is 3. The van der Waals surface area contributed by atoms with Crippen molar-refractivity contribution in [2.24, 2.45) is 0 Å². The lowest BCUT2D eigenvalue weighted by Gasteiger charge is -2.19. The Hall–Kier alpha value is -2.53. The van der Waals surface area contributed by atoms with Crippen LogP contribution in [0.4, 0.5) is 0 Å². The highest BCUT2D eigenvalue weighted by Crippen LogP contribution is 2.33. The summed E-state index contributed by atoms with van der Waals surface area (Å²) in [4.78, 5) is 14.1. The lowest BCUT2D eigenvalue weighted by molar-refractivity contribution is -0.132. The third-order valence-electron chi connectivity index (χ3n) is 4.20. The number of para-hydroxylation sites is 1. The van der Waals surface area contributed by atoms with Gasteiger partial charge in [-0.2, -0.15) is 0 Å². The number of carbonyl (C=O) groups is 1. The number of halogens is 1. The Balaban J connectivity index is 1.66. The van der Waals surface area contributed by atoms with E-state index in [0.29, 0.717) is 12.3 Å². The first-order valence-corrected chi connectivity index (χ1v) is 9.05. The number of ether oxygens (including phenoxy) is 2. The number of rotatable bonds is 6. The van der Waals surface area contributed by atoms with Crippen LogP contribution in [0.2, 0.25) is 0 Å². The molecule has 3 rings (SSSR count). The zero-order chi connectivity index (χ0) is 18.5. The van der Waals surface area contributed by atoms with E-state index in [2.05, 4.69) is 15.9 Å². The quantitative estimate of drug-likeness (QED) is 0.590. The normalized spacial score (nSPS) is 10.6. The van der Waals surface area contributed by atoms with Crippen LogP contribution in [0.25, 0.3) is 10.8 Å². The van der Waals surface area contributed by atoms with Crippen LogP contribution in [0.5, 0.6) is 11.5 Å². The van der Waals surface area contributed by atoms with Crippen LogP contribution in [0.15, 0.2) is 65.1 Å². The van der Waals surface area contributed by atoms with E-state index in [4.69, 9.17) is 9.47 Å². The van der Waals surface area contributed by atoms with Gasteiger partial charge in [-0.3, -0.25) is 4.79 Å². The molecule has 0 radical (unpaired) electrons. The summed E-state index contributed by atoms with van der Waals surface area (Å²) >= 11 is 3.58. The van der Waals surface area contributed by atoms with Gasteiger partial charge < -0.3 is 14.4 Å². The van der Waals surface area contributed by atoms with Crippen LogP contribution in [-0.4, -0.2) is 31.6 Å². The van der Waals surface area contributed by atoms with Crippen LogP contribution in [0.1, 0.15) is 5.56 Å². The fourth-order valence-electron chi connectivity index (χ4n) is 2.75. The number of fused-ring (bicyclic) bond motifs is 1. The molecule has 0 unspecified atom stereocenters. The molecule has 134 valence electrons. The van der Waals surface area contributed by atoms with Gasteiger partial charge in [0.2, 0.25) is 0 Å². The predicted octanol–water partition coefficient (Wildman–Crippen LogP) is 4.65. The van der Waals surface area contributed by atoms with Gasteiger partial charge in [0.05, 0.1) is 11.6 Å². The first kappa shape index (κ1) is 18.3. The minimum Gasteiger partial charge on any atom is -0.496 e. The average Bonchev–Trinajstić information content (AvgIpc) is 2.67. The second-order valence-electron chi connectivity index (χ2n) is 5.95. The van der Waals surface area contributed by atoms with E-state index in [9.17, 15) is 4.79 Å². The van der Waals surface area contributed by atoms with Crippen molar-refractivity contribution in [2.45, 2.75) is 6.54 Å². The van der Waals surface area contributed by atoms with Gasteiger partial charge in [0, 0.05) is 19.2 Å². The number of carbonyl (C=O) groups excluding carboxylic acids is 1. The molecule has 26 heavy (non-hydrogen) atoms. The maximum Gasteiger partial charge on any atom is 0.260 e. The summed E-state index contributed by atoms with van der Waals surface area (Å²) in [6, 6.07) is 19.5. The van der Waals surface area contributed by atoms with Crippen LogP contribution in [-0.2, 0) is 11.3 Å². The van der Waals surface area contributed by atoms with Gasteiger partial charge in [0.25, 0.3) is 5.91 Å². The van der Waals surface area contributed by atoms with Crippen LogP contribution in [0.3, 0.4) is 0 Å². The van der Waals surface area contributed by atoms with Crippen molar-refractivity contribution in [2.75, 3.05) is 20.8 Å². The fraction of sp³-hybridized carbons (Fsp3) is 0.190. The van der Waals surface area contributed by atoms with Crippen molar-refractivity contribution in [3.8, 4) is 11.5 Å². The molecule has 4 nitrogen and oxygen atoms in total. The zero-order valence-corrected chi connectivity index (χ0v) is 16.3. The van der Waals surface area contributed by atoms with Crippen molar-refractivity contribution < 1.29 is 14.3 Å². The Morgan fingerprint density at radius 1 is 1.00 bits per heavy atom. The Morgan fingerprint density at radius 3 is 2.54 bits per heavy atom. The summed E-state index contributed by atoms with van der Waals surface area (Å²) in [5.74, 6) is 1.32. The molecule has 1 amide bonds. The highest BCUT2D eigenvalue weighted by atomic mass is 79.9. The van der Waals surface area contributed by atoms with E-state index in [0.717, 1.165) is 26.6 Å². The molecule has 0 saturated heterocycles. The van der Waals surface area contributed by atoms with Gasteiger partial charge in [-0.25, -0.2) is 0 Å². The fourth-order valence-corrected chi connectivity index (χ4v) is 3.36. The largest absolute Gasteiger partial charge is 0.496 e. The minimum absolute atomic E-state index is 0.0252. The van der Waals surface area contributed by atoms with Crippen LogP contribution >= 0.6 is 15.9 Å². The number of hydrogen-bond acceptors (Lipinski definition) is 3. The summed E-state index contributed by atoms with van der Waals surface area (Å²) in [5.41, 5.74) is 0.956. The molecule has 0 bridgehead atoms. The highest BCUT2D eigenvalue weighted by molar-refractivity contribution is 9.10. The molecule has 0 saturated carbocycles. The van der Waals surface area contributed by atoms with E-state index in [-0.39, 0.29) is 12.5 Å². The topological polar surface area (TPSA) is 38.8 Å². The maximum atomic E-state index is 12.4. The number of methoxy groups -OCH3 is 1. The van der Waals surface area contributed by atoms with Gasteiger partial charge in [-0.15, -0.1) is 0 Å². The number of nitrogens with zero attached hydrogens (tertiary/aromatic N) is 1. The number of amides is 1. The average molecular weight is 414 g/mol. The zero-order valence-electron chi connectivity index (χ0n) is 14.7. The standard InChI is InChI=1S/C21H20BrNO3/c1-23(13-16-8-4-6-10-18(16)25-2)20(24)14-26-19-12-11-15-7-3-5-9-17(15)21(19)22/h3-12H,13-14H2,1-2H3. The molecule has 0 atom stereocenters. The van der Waals surface area contributed by atoms with Crippen LogP contribution < -0.4 is 9.47 Å². The molecule has 3 aromatic rings. The Morgan fingerprint density at radius 2 is 1.73 bits per heavy atom. The number of likely N-dealkylation sites (N-methyl/N-ethyl adjacent to an activating group) is 1. The first-order chi connectivity index (χ1) is 12.6. The first-order valence-electron chi connectivity index (χ1n) is 8.26. The maximum absolute atomic E-state index is 12.4. The summed E-state index contributed by atoms with van der Waals surface area (Å²) in [5, 5.41) is 2.17. The van der Waals surface area contributed by atoms with E-state index in [1.54, 1.807) is 19.1 Å². The van der Waals surface area contributed by atoms with Crippen molar-refractivity contribution in [1.82, 2.24) is 4.90 Å². The summed E-state index contributed by atoms with van der Waals surface area (Å²) in [7, 11) is 3.38. The van der Waals surface area contributed by atoms with Crippen molar-refractivity contribution in [3.63, 3.8) is 0 Å². The second-order valence-corrected chi connectivity index (χ2v) is 6.74. The van der Waals surface area contributed by atoms with Crippen LogP contribution in [0, 0.1) is 0 Å². The molecule has 0 aliphatic carbocycles. The van der Waals surface area contributed by atoms with Gasteiger partial charge in [0.15, 0.2) is 6.61 Å². The Kier molecular flexibility index (Phi) is 5.78. The summed E-state index contributed by atoms with van der Waals surface area (Å²) in [6.07, 6.45) is 0. The lowest BCUT2D eigenvalue weighted by atomic mass is 10.1. The Bertz CT molecular complexity index is 926. The molecule has 5 heteroatoms. The molecule has 3 aromatic carbocycles. The van der Waals surface area contributed by atoms with Gasteiger partial charge >= 0.3 is 0 Å². The smallest absolute Gasteiger partial charge is 0.260 e. The monoisotopic (exact) mass is 413 g/mol. The lowest BCUT2D eigenvalue weighted by Crippen LogP contribution is -2.31. The SMILES string of the molecule is COc1ccccc1CN(C)C(=O)COc1ccc2ccccc2c1Br. The number of hydrogen-bond donors (Lipinski definition) is 0. The molecule has 0 fully saturated rings. The van der Waals surface area contributed by atoms with E-state index >= 15 is 0 Å². The molecular formula is C21H20BrNO3. The van der Waals surface area contributed by atoms with E-state index in [1.807, 2.05) is 60.7 Å². The van der Waals surface area contributed by atoms with Gasteiger partial charge in [-0.05, 0) is 38.8 Å². The second kappa shape index (κ2) is 8.23. The molecule has 0 heterocycles. The van der Waals surface area contributed by atoms with Gasteiger partial charge in [-0.1, -0.05) is 48.5 Å². The highest BCUT2D eigenvalue weighted by Gasteiger charge is 2.14.